The number of hydrogen-bond donors (Lipinski definition) is 0. The summed E-state index contributed by atoms with van der Waals surface area (Å²) in [5.74, 6) is 1.40. The van der Waals surface area contributed by atoms with Crippen LogP contribution >= 0.6 is 63.7 Å². The molecule has 4 aromatic rings. The average Bonchev–Trinajstić information content (AvgIpc) is 2.83. The molecule has 1 heterocycles. The Hall–Kier alpha value is -1.81. The first-order valence-electron chi connectivity index (χ1n) is 10.9. The summed E-state index contributed by atoms with van der Waals surface area (Å²) in [4.78, 5) is 18.1. The van der Waals surface area contributed by atoms with E-state index in [1.54, 1.807) is 12.3 Å². The molecule has 0 radical (unpaired) electrons. The molecule has 0 N–H and O–H groups in total. The zero-order chi connectivity index (χ0) is 25.1. The number of nitrogens with zero attached hydrogens (tertiary/aromatic N) is 3. The van der Waals surface area contributed by atoms with Crippen LogP contribution in [0.4, 0.5) is 0 Å². The van der Waals surface area contributed by atoms with Crippen LogP contribution in [0.15, 0.2) is 82.4 Å². The van der Waals surface area contributed by atoms with Gasteiger partial charge in [0.2, 0.25) is 0 Å². The Morgan fingerprint density at radius 3 is 2.31 bits per heavy atom. The highest BCUT2D eigenvalue weighted by Crippen LogP contribution is 2.35. The minimum Gasteiger partial charge on any atom is -0.487 e. The van der Waals surface area contributed by atoms with Crippen LogP contribution in [0.2, 0.25) is 0 Å². The molecule has 0 fully saturated rings. The van der Waals surface area contributed by atoms with Crippen molar-refractivity contribution in [1.82, 2.24) is 9.66 Å². The van der Waals surface area contributed by atoms with Gasteiger partial charge in [-0.15, -0.1) is 0 Å². The monoisotopic (exact) mass is 723 g/mol. The molecule has 0 amide bonds. The molecule has 0 aliphatic rings. The van der Waals surface area contributed by atoms with Gasteiger partial charge in [0.05, 0.1) is 26.1 Å². The Bertz CT molecular complexity index is 1440. The average molecular weight is 727 g/mol. The van der Waals surface area contributed by atoms with Crippen molar-refractivity contribution in [2.75, 3.05) is 0 Å². The van der Waals surface area contributed by atoms with Gasteiger partial charge in [-0.25, -0.2) is 4.98 Å². The lowest BCUT2D eigenvalue weighted by atomic mass is 10.1. The van der Waals surface area contributed by atoms with Gasteiger partial charge in [-0.05, 0) is 91.9 Å². The molecule has 180 valence electrons. The second-order valence-corrected chi connectivity index (χ2v) is 11.6. The van der Waals surface area contributed by atoms with Crippen LogP contribution in [-0.2, 0) is 6.61 Å². The van der Waals surface area contributed by atoms with Gasteiger partial charge in [0, 0.05) is 14.9 Å². The molecule has 35 heavy (non-hydrogen) atoms. The second-order valence-electron chi connectivity index (χ2n) is 8.03. The highest BCUT2D eigenvalue weighted by atomic mass is 79.9. The summed E-state index contributed by atoms with van der Waals surface area (Å²) in [6.45, 7) is 4.55. The van der Waals surface area contributed by atoms with E-state index in [9.17, 15) is 4.79 Å². The number of benzene rings is 3. The van der Waals surface area contributed by atoms with Crippen molar-refractivity contribution in [3.63, 3.8) is 0 Å². The Balaban J connectivity index is 1.66. The molecule has 5 nitrogen and oxygen atoms in total. The van der Waals surface area contributed by atoms with Gasteiger partial charge in [-0.3, -0.25) is 4.79 Å². The Morgan fingerprint density at radius 1 is 1.00 bits per heavy atom. The SMILES string of the molecule is CC[C@@H](C)c1nc2ccc(Br)cc2c(=O)n1N=Cc1cc(Br)c(OCc2ccc(Br)cc2)c(Br)c1. The number of hydrogen-bond acceptors (Lipinski definition) is 4. The third-order valence-electron chi connectivity index (χ3n) is 5.53. The Kier molecular flexibility index (Phi) is 8.63. The number of aromatic nitrogens is 2. The lowest BCUT2D eigenvalue weighted by Gasteiger charge is -2.14. The third-order valence-corrected chi connectivity index (χ3v) is 7.73. The van der Waals surface area contributed by atoms with E-state index in [1.165, 1.54) is 4.68 Å². The first-order chi connectivity index (χ1) is 16.8. The predicted octanol–water partition coefficient (Wildman–Crippen LogP) is 8.42. The summed E-state index contributed by atoms with van der Waals surface area (Å²) >= 11 is 14.1. The molecule has 0 spiro atoms. The molecule has 9 heteroatoms. The van der Waals surface area contributed by atoms with E-state index in [0.717, 1.165) is 35.4 Å². The van der Waals surface area contributed by atoms with Gasteiger partial charge in [-0.2, -0.15) is 9.78 Å². The fourth-order valence-electron chi connectivity index (χ4n) is 3.43. The predicted molar refractivity (Wildman–Crippen MR) is 156 cm³/mol. The van der Waals surface area contributed by atoms with Crippen molar-refractivity contribution in [2.24, 2.45) is 5.10 Å². The molecule has 1 atom stereocenters. The number of ether oxygens (including phenoxy) is 1. The molecular weight excluding hydrogens is 706 g/mol. The van der Waals surface area contributed by atoms with Crippen molar-refractivity contribution in [1.29, 1.82) is 0 Å². The highest BCUT2D eigenvalue weighted by Gasteiger charge is 2.16. The van der Waals surface area contributed by atoms with Crippen LogP contribution in [0.1, 0.15) is 43.1 Å². The van der Waals surface area contributed by atoms with E-state index in [4.69, 9.17) is 9.72 Å². The molecule has 0 unspecified atom stereocenters. The quantitative estimate of drug-likeness (QED) is 0.180. The van der Waals surface area contributed by atoms with Gasteiger partial charge in [0.25, 0.3) is 5.56 Å². The van der Waals surface area contributed by atoms with Gasteiger partial charge >= 0.3 is 0 Å². The fraction of sp³-hybridized carbons (Fsp3) is 0.192. The van der Waals surface area contributed by atoms with Crippen molar-refractivity contribution >= 4 is 80.8 Å². The fourth-order valence-corrected chi connectivity index (χ4v) is 5.51. The summed E-state index contributed by atoms with van der Waals surface area (Å²) in [5, 5.41) is 5.07. The highest BCUT2D eigenvalue weighted by molar-refractivity contribution is 9.11. The van der Waals surface area contributed by atoms with E-state index in [2.05, 4.69) is 75.7 Å². The molecule has 0 aliphatic carbocycles. The van der Waals surface area contributed by atoms with E-state index in [0.29, 0.717) is 29.1 Å². The maximum atomic E-state index is 13.3. The summed E-state index contributed by atoms with van der Waals surface area (Å²) < 4.78 is 10.8. The Morgan fingerprint density at radius 2 is 1.66 bits per heavy atom. The smallest absolute Gasteiger partial charge is 0.282 e. The summed E-state index contributed by atoms with van der Waals surface area (Å²) in [6, 6.07) is 17.3. The molecule has 0 bridgehead atoms. The first-order valence-corrected chi connectivity index (χ1v) is 14.1. The summed E-state index contributed by atoms with van der Waals surface area (Å²) in [5.41, 5.74) is 2.33. The maximum absolute atomic E-state index is 13.3. The number of halogens is 4. The van der Waals surface area contributed by atoms with E-state index in [1.807, 2.05) is 55.5 Å². The molecule has 0 saturated heterocycles. The lowest BCUT2D eigenvalue weighted by molar-refractivity contribution is 0.302. The van der Waals surface area contributed by atoms with Crippen molar-refractivity contribution in [3.05, 3.63) is 99.8 Å². The maximum Gasteiger partial charge on any atom is 0.282 e. The molecular formula is C26H21Br4N3O2. The Labute approximate surface area is 237 Å². The zero-order valence-electron chi connectivity index (χ0n) is 18.9. The van der Waals surface area contributed by atoms with Crippen molar-refractivity contribution in [2.45, 2.75) is 32.8 Å². The number of fused-ring (bicyclic) bond motifs is 1. The van der Waals surface area contributed by atoms with E-state index in [-0.39, 0.29) is 11.5 Å². The van der Waals surface area contributed by atoms with Crippen LogP contribution < -0.4 is 10.3 Å². The minimum atomic E-state index is -0.199. The van der Waals surface area contributed by atoms with Crippen LogP contribution in [0, 0.1) is 0 Å². The molecule has 3 aromatic carbocycles. The van der Waals surface area contributed by atoms with Crippen molar-refractivity contribution in [3.8, 4) is 5.75 Å². The molecule has 0 saturated carbocycles. The van der Waals surface area contributed by atoms with Gasteiger partial charge < -0.3 is 4.74 Å². The minimum absolute atomic E-state index is 0.0701. The molecule has 1 aromatic heterocycles. The van der Waals surface area contributed by atoms with Crippen LogP contribution in [0.25, 0.3) is 10.9 Å². The van der Waals surface area contributed by atoms with Crippen LogP contribution in [-0.4, -0.2) is 15.9 Å². The third kappa shape index (κ3) is 6.13. The second kappa shape index (κ2) is 11.5. The molecule has 0 aliphatic heterocycles. The number of rotatable bonds is 7. The van der Waals surface area contributed by atoms with E-state index < -0.39 is 0 Å². The van der Waals surface area contributed by atoms with Crippen LogP contribution in [0.5, 0.6) is 5.75 Å². The standard InChI is InChI=1S/C26H21Br4N3O2/c1-3-15(2)25-32-23-9-8-19(28)12-20(23)26(34)33(25)31-13-17-10-21(29)24(22(30)11-17)35-14-16-4-6-18(27)7-5-16/h4-13,15H,3,14H2,1-2H3/t15-/m1/s1. The zero-order valence-corrected chi connectivity index (χ0v) is 25.3. The van der Waals surface area contributed by atoms with Crippen LogP contribution in [0.3, 0.4) is 0 Å². The normalized spacial score (nSPS) is 12.4. The summed E-state index contributed by atoms with van der Waals surface area (Å²) in [7, 11) is 0. The van der Waals surface area contributed by atoms with E-state index >= 15 is 0 Å². The lowest BCUT2D eigenvalue weighted by Crippen LogP contribution is -2.23. The van der Waals surface area contributed by atoms with Gasteiger partial charge in [0.1, 0.15) is 18.2 Å². The largest absolute Gasteiger partial charge is 0.487 e. The molecule has 4 rings (SSSR count). The van der Waals surface area contributed by atoms with Crippen molar-refractivity contribution < 1.29 is 4.74 Å². The van der Waals surface area contributed by atoms with Gasteiger partial charge in [-0.1, -0.05) is 57.8 Å². The topological polar surface area (TPSA) is 56.5 Å². The summed E-state index contributed by atoms with van der Waals surface area (Å²) in [6.07, 6.45) is 2.50. The first kappa shape index (κ1) is 26.3. The van der Waals surface area contributed by atoms with Gasteiger partial charge in [0.15, 0.2) is 0 Å².